The first-order valence-electron chi connectivity index (χ1n) is 12.5. The van der Waals surface area contributed by atoms with Gasteiger partial charge in [-0.2, -0.15) is 5.10 Å². The van der Waals surface area contributed by atoms with Crippen molar-refractivity contribution in [2.24, 2.45) is 5.92 Å². The number of fused-ring (bicyclic) bond motifs is 4. The predicted molar refractivity (Wildman–Crippen MR) is 140 cm³/mol. The SMILES string of the molecule is CCN(C(C)C)C1OC1CC1CCc2c(sc3ncnc(Nc4cc5cn[nH]c5cc4OC)c23)C1. The van der Waals surface area contributed by atoms with Crippen LogP contribution in [0.5, 0.6) is 5.75 Å². The van der Waals surface area contributed by atoms with Gasteiger partial charge in [-0.05, 0) is 63.6 Å². The van der Waals surface area contributed by atoms with Crippen LogP contribution in [0.25, 0.3) is 21.1 Å². The van der Waals surface area contributed by atoms with E-state index in [1.807, 2.05) is 29.7 Å². The Labute approximate surface area is 209 Å². The normalized spacial score (nSPS) is 21.7. The second kappa shape index (κ2) is 9.04. The lowest BCUT2D eigenvalue weighted by molar-refractivity contribution is 0.147. The van der Waals surface area contributed by atoms with E-state index in [0.717, 1.165) is 64.2 Å². The Morgan fingerprint density at radius 1 is 1.31 bits per heavy atom. The van der Waals surface area contributed by atoms with Gasteiger partial charge in [0, 0.05) is 22.4 Å². The van der Waals surface area contributed by atoms with Gasteiger partial charge in [-0.25, -0.2) is 9.97 Å². The maximum Gasteiger partial charge on any atom is 0.144 e. The molecule has 0 bridgehead atoms. The summed E-state index contributed by atoms with van der Waals surface area (Å²) in [6.45, 7) is 7.76. The molecule has 35 heavy (non-hydrogen) atoms. The highest BCUT2D eigenvalue weighted by Crippen LogP contribution is 2.44. The lowest BCUT2D eigenvalue weighted by Crippen LogP contribution is -2.35. The molecular formula is C26H32N6O2S. The van der Waals surface area contributed by atoms with Crippen molar-refractivity contribution in [3.05, 3.63) is 35.1 Å². The number of benzene rings is 1. The number of H-pyrrole nitrogens is 1. The Bertz CT molecular complexity index is 1360. The number of aromatic nitrogens is 4. The van der Waals surface area contributed by atoms with E-state index in [1.54, 1.807) is 13.4 Å². The zero-order chi connectivity index (χ0) is 24.1. The van der Waals surface area contributed by atoms with Crippen molar-refractivity contribution in [2.75, 3.05) is 19.0 Å². The quantitative estimate of drug-likeness (QED) is 0.324. The molecule has 2 aliphatic rings. The molecule has 4 aromatic rings. The van der Waals surface area contributed by atoms with Gasteiger partial charge in [-0.3, -0.25) is 10.00 Å². The van der Waals surface area contributed by atoms with Crippen molar-refractivity contribution in [2.45, 2.75) is 64.8 Å². The zero-order valence-corrected chi connectivity index (χ0v) is 21.5. The number of anilines is 2. The molecule has 184 valence electrons. The number of thiophene rings is 1. The van der Waals surface area contributed by atoms with Crippen molar-refractivity contribution in [1.29, 1.82) is 0 Å². The summed E-state index contributed by atoms with van der Waals surface area (Å²) >= 11 is 1.82. The summed E-state index contributed by atoms with van der Waals surface area (Å²) in [5.41, 5.74) is 3.22. The number of rotatable bonds is 8. The van der Waals surface area contributed by atoms with E-state index in [1.165, 1.54) is 16.9 Å². The van der Waals surface area contributed by atoms with Crippen molar-refractivity contribution < 1.29 is 9.47 Å². The van der Waals surface area contributed by atoms with Crippen molar-refractivity contribution in [3.63, 3.8) is 0 Å². The number of nitrogens with one attached hydrogen (secondary N) is 2. The summed E-state index contributed by atoms with van der Waals surface area (Å²) in [6.07, 6.45) is 8.61. The topological polar surface area (TPSA) is 91.5 Å². The van der Waals surface area contributed by atoms with E-state index in [0.29, 0.717) is 24.3 Å². The Morgan fingerprint density at radius 2 is 2.20 bits per heavy atom. The number of methoxy groups -OCH3 is 1. The first-order chi connectivity index (χ1) is 17.1. The number of aromatic amines is 1. The second-order valence-electron chi connectivity index (χ2n) is 9.87. The minimum Gasteiger partial charge on any atom is -0.494 e. The fourth-order valence-electron chi connectivity index (χ4n) is 5.61. The summed E-state index contributed by atoms with van der Waals surface area (Å²) in [5, 5.41) is 12.8. The summed E-state index contributed by atoms with van der Waals surface area (Å²) in [7, 11) is 1.68. The fourth-order valence-corrected chi connectivity index (χ4v) is 6.91. The Hall–Kier alpha value is -2.75. The van der Waals surface area contributed by atoms with Gasteiger partial charge in [0.1, 0.15) is 29.0 Å². The minimum atomic E-state index is 0.299. The average Bonchev–Trinajstić information content (AvgIpc) is 3.26. The Balaban J connectivity index is 1.24. The monoisotopic (exact) mass is 492 g/mol. The Kier molecular flexibility index (Phi) is 5.86. The molecule has 9 heteroatoms. The molecule has 1 aromatic carbocycles. The average molecular weight is 493 g/mol. The van der Waals surface area contributed by atoms with Gasteiger partial charge in [-0.1, -0.05) is 6.92 Å². The minimum absolute atomic E-state index is 0.299. The molecule has 3 unspecified atom stereocenters. The van der Waals surface area contributed by atoms with E-state index < -0.39 is 0 Å². The van der Waals surface area contributed by atoms with Gasteiger partial charge < -0.3 is 14.8 Å². The van der Waals surface area contributed by atoms with Gasteiger partial charge >= 0.3 is 0 Å². The molecule has 0 spiro atoms. The summed E-state index contributed by atoms with van der Waals surface area (Å²) < 4.78 is 11.7. The van der Waals surface area contributed by atoms with Crippen LogP contribution in [0.1, 0.15) is 44.1 Å². The lowest BCUT2D eigenvalue weighted by atomic mass is 9.85. The molecule has 2 N–H and O–H groups in total. The van der Waals surface area contributed by atoms with Crippen LogP contribution >= 0.6 is 11.3 Å². The van der Waals surface area contributed by atoms with Crippen LogP contribution in [0, 0.1) is 5.92 Å². The molecule has 3 atom stereocenters. The van der Waals surface area contributed by atoms with Crippen LogP contribution < -0.4 is 10.1 Å². The third kappa shape index (κ3) is 4.15. The maximum atomic E-state index is 6.09. The predicted octanol–water partition coefficient (Wildman–Crippen LogP) is 5.27. The van der Waals surface area contributed by atoms with Gasteiger partial charge in [0.15, 0.2) is 0 Å². The van der Waals surface area contributed by atoms with Crippen LogP contribution in [0.3, 0.4) is 0 Å². The first-order valence-corrected chi connectivity index (χ1v) is 13.3. The van der Waals surface area contributed by atoms with Crippen molar-refractivity contribution >= 4 is 44.0 Å². The van der Waals surface area contributed by atoms with Crippen LogP contribution in [0.15, 0.2) is 24.7 Å². The van der Waals surface area contributed by atoms with Gasteiger partial charge in [0.05, 0.1) is 36.0 Å². The summed E-state index contributed by atoms with van der Waals surface area (Å²) in [5.74, 6) is 2.25. The highest BCUT2D eigenvalue weighted by Gasteiger charge is 2.45. The number of likely N-dealkylation sites (N-methyl/N-ethyl adjacent to an activating group) is 1. The van der Waals surface area contributed by atoms with Crippen LogP contribution in [-0.4, -0.2) is 57.1 Å². The highest BCUT2D eigenvalue weighted by molar-refractivity contribution is 7.19. The molecule has 1 fully saturated rings. The molecule has 1 aliphatic carbocycles. The molecule has 3 aromatic heterocycles. The number of ether oxygens (including phenoxy) is 2. The molecular weight excluding hydrogens is 460 g/mol. The zero-order valence-electron chi connectivity index (χ0n) is 20.7. The van der Waals surface area contributed by atoms with E-state index in [2.05, 4.69) is 51.2 Å². The van der Waals surface area contributed by atoms with E-state index in [4.69, 9.17) is 9.47 Å². The molecule has 0 saturated carbocycles. The van der Waals surface area contributed by atoms with Gasteiger partial charge in [0.25, 0.3) is 0 Å². The lowest BCUT2D eigenvalue weighted by Gasteiger charge is -2.24. The van der Waals surface area contributed by atoms with Crippen LogP contribution in [0.4, 0.5) is 11.5 Å². The number of hydrogen-bond donors (Lipinski definition) is 2. The smallest absolute Gasteiger partial charge is 0.144 e. The highest BCUT2D eigenvalue weighted by atomic mass is 32.1. The fraction of sp³-hybridized carbons (Fsp3) is 0.500. The molecule has 4 heterocycles. The number of nitrogens with zero attached hydrogens (tertiary/aromatic N) is 4. The Morgan fingerprint density at radius 3 is 3.00 bits per heavy atom. The standard InChI is InChI=1S/C26H32N6O2S/c1-5-32(14(2)3)26-21(34-26)8-15-6-7-17-22(9-15)35-25-23(17)24(27-13-28-25)30-19-10-16-12-29-31-18(16)11-20(19)33-4/h10-15,21,26H,5-9H2,1-4H3,(H,29,31)(H,27,28,30). The summed E-state index contributed by atoms with van der Waals surface area (Å²) in [4.78, 5) is 14.2. The van der Waals surface area contributed by atoms with Crippen molar-refractivity contribution in [3.8, 4) is 5.75 Å². The number of hydrogen-bond acceptors (Lipinski definition) is 8. The van der Waals surface area contributed by atoms with E-state index in [-0.39, 0.29) is 0 Å². The molecule has 0 radical (unpaired) electrons. The first kappa shape index (κ1) is 22.7. The summed E-state index contributed by atoms with van der Waals surface area (Å²) in [6, 6.07) is 4.53. The van der Waals surface area contributed by atoms with Gasteiger partial charge in [0.2, 0.25) is 0 Å². The molecule has 0 amide bonds. The molecule has 1 aliphatic heterocycles. The number of aryl methyl sites for hydroxylation is 1. The maximum absolute atomic E-state index is 6.09. The molecule has 6 rings (SSSR count). The van der Waals surface area contributed by atoms with Crippen molar-refractivity contribution in [1.82, 2.24) is 25.1 Å². The van der Waals surface area contributed by atoms with Crippen LogP contribution in [-0.2, 0) is 17.6 Å². The van der Waals surface area contributed by atoms with Gasteiger partial charge in [-0.15, -0.1) is 11.3 Å². The van der Waals surface area contributed by atoms with Crippen LogP contribution in [0.2, 0.25) is 0 Å². The number of epoxide rings is 1. The van der Waals surface area contributed by atoms with E-state index in [9.17, 15) is 0 Å². The second-order valence-corrected chi connectivity index (χ2v) is 11.0. The molecule has 1 saturated heterocycles. The van der Waals surface area contributed by atoms with E-state index >= 15 is 0 Å². The third-order valence-corrected chi connectivity index (χ3v) is 8.60. The third-order valence-electron chi connectivity index (χ3n) is 7.44. The molecule has 8 nitrogen and oxygen atoms in total. The largest absolute Gasteiger partial charge is 0.494 e.